The highest BCUT2D eigenvalue weighted by Crippen LogP contribution is 2.49. The quantitative estimate of drug-likeness (QED) is 0.175. The molecule has 10 heteroatoms. The normalized spacial score (nSPS) is 23.8. The van der Waals surface area contributed by atoms with E-state index in [4.69, 9.17) is 23.7 Å². The number of ether oxygens (including phenoxy) is 5. The molecule has 3 fully saturated rings. The van der Waals surface area contributed by atoms with E-state index in [0.29, 0.717) is 84.8 Å². The zero-order chi connectivity index (χ0) is 32.0. The summed E-state index contributed by atoms with van der Waals surface area (Å²) in [6.07, 6.45) is 8.63. The van der Waals surface area contributed by atoms with E-state index in [1.807, 2.05) is 4.90 Å². The second kappa shape index (κ2) is 18.3. The Hall–Kier alpha value is -2.08. The van der Waals surface area contributed by atoms with E-state index in [1.165, 1.54) is 24.8 Å². The fraction of sp³-hybridized carbons (Fsp3) is 0.771. The van der Waals surface area contributed by atoms with Crippen LogP contribution < -0.4 is 0 Å². The largest absolute Gasteiger partial charge is 0.382 e. The standard InChI is InChI=1S/C35H57N3O7/c1-36(2)35(31-11-5-4-6-12-31)16-14-34(15-17-35)29-37(33(40)38(34)27-30-9-7-10-30)28-32(39)13-8-18-42-21-22-44-25-26-45-24-23-43-20-19-41-3/h4-6,11-12,30H,7-10,13-29H2,1-3H3. The van der Waals surface area contributed by atoms with Gasteiger partial charge in [-0.05, 0) is 70.5 Å². The molecule has 3 aliphatic rings. The Balaban J connectivity index is 1.16. The van der Waals surface area contributed by atoms with Crippen LogP contribution in [0.1, 0.15) is 63.4 Å². The summed E-state index contributed by atoms with van der Waals surface area (Å²) in [6.45, 7) is 6.40. The number of amides is 2. The lowest BCUT2D eigenvalue weighted by molar-refractivity contribution is -0.120. The molecule has 1 aromatic rings. The van der Waals surface area contributed by atoms with Gasteiger partial charge in [-0.2, -0.15) is 0 Å². The Bertz CT molecular complexity index is 1010. The molecule has 0 radical (unpaired) electrons. The van der Waals surface area contributed by atoms with Crippen LogP contribution in [0.5, 0.6) is 0 Å². The maximum Gasteiger partial charge on any atom is 0.321 e. The number of hydrogen-bond acceptors (Lipinski definition) is 8. The zero-order valence-corrected chi connectivity index (χ0v) is 28.0. The molecule has 1 spiro atoms. The van der Waals surface area contributed by atoms with E-state index in [-0.39, 0.29) is 29.4 Å². The predicted molar refractivity (Wildman–Crippen MR) is 173 cm³/mol. The van der Waals surface area contributed by atoms with Gasteiger partial charge < -0.3 is 33.5 Å². The third-order valence-corrected chi connectivity index (χ3v) is 10.1. The van der Waals surface area contributed by atoms with Crippen molar-refractivity contribution in [3.63, 3.8) is 0 Å². The Morgan fingerprint density at radius 2 is 1.42 bits per heavy atom. The molecule has 2 amide bonds. The molecule has 1 saturated heterocycles. The van der Waals surface area contributed by atoms with Gasteiger partial charge in [0.25, 0.3) is 0 Å². The predicted octanol–water partition coefficient (Wildman–Crippen LogP) is 4.36. The molecule has 45 heavy (non-hydrogen) atoms. The SMILES string of the molecule is COCCOCCOCCOCCOCCCC(=O)CN1CC2(CCC(c3ccccc3)(N(C)C)CC2)N(CC2CCC2)C1=O. The third-order valence-electron chi connectivity index (χ3n) is 10.1. The number of ketones is 1. The van der Waals surface area contributed by atoms with Crippen molar-refractivity contribution in [2.75, 3.05) is 100 Å². The van der Waals surface area contributed by atoms with E-state index >= 15 is 0 Å². The van der Waals surface area contributed by atoms with E-state index in [9.17, 15) is 9.59 Å². The lowest BCUT2D eigenvalue weighted by Crippen LogP contribution is -2.56. The first-order valence-corrected chi connectivity index (χ1v) is 17.0. The average molecular weight is 632 g/mol. The van der Waals surface area contributed by atoms with Gasteiger partial charge in [0, 0.05) is 38.8 Å². The fourth-order valence-electron chi connectivity index (χ4n) is 7.08. The van der Waals surface area contributed by atoms with Crippen molar-refractivity contribution in [2.24, 2.45) is 5.92 Å². The summed E-state index contributed by atoms with van der Waals surface area (Å²) >= 11 is 0. The first kappa shape index (κ1) is 35.8. The van der Waals surface area contributed by atoms with E-state index in [2.05, 4.69) is 54.2 Å². The Morgan fingerprint density at radius 3 is 1.96 bits per heavy atom. The number of Topliss-reactive ketones (excluding diaryl/α,β-unsaturated/α-hetero) is 1. The minimum Gasteiger partial charge on any atom is -0.382 e. The molecule has 0 aromatic heterocycles. The number of carbonyl (C=O) groups is 2. The second-order valence-electron chi connectivity index (χ2n) is 13.1. The van der Waals surface area contributed by atoms with Crippen molar-refractivity contribution >= 4 is 11.8 Å². The monoisotopic (exact) mass is 631 g/mol. The molecule has 0 N–H and O–H groups in total. The van der Waals surface area contributed by atoms with Gasteiger partial charge >= 0.3 is 6.03 Å². The molecule has 2 saturated carbocycles. The van der Waals surface area contributed by atoms with Gasteiger partial charge in [-0.15, -0.1) is 0 Å². The third kappa shape index (κ3) is 9.95. The number of nitrogens with zero attached hydrogens (tertiary/aromatic N) is 3. The van der Waals surface area contributed by atoms with Crippen molar-refractivity contribution in [1.29, 1.82) is 0 Å². The van der Waals surface area contributed by atoms with Crippen LogP contribution in [0.15, 0.2) is 30.3 Å². The van der Waals surface area contributed by atoms with Crippen LogP contribution in [0.2, 0.25) is 0 Å². The first-order chi connectivity index (χ1) is 21.9. The summed E-state index contributed by atoms with van der Waals surface area (Å²) in [7, 11) is 6.01. The number of urea groups is 1. The molecule has 10 nitrogen and oxygen atoms in total. The molecule has 4 rings (SSSR count). The summed E-state index contributed by atoms with van der Waals surface area (Å²) in [6, 6.07) is 10.9. The summed E-state index contributed by atoms with van der Waals surface area (Å²) in [5.74, 6) is 0.700. The summed E-state index contributed by atoms with van der Waals surface area (Å²) in [5, 5.41) is 0. The molecular formula is C35H57N3O7. The minimum atomic E-state index is -0.187. The van der Waals surface area contributed by atoms with Crippen LogP contribution >= 0.6 is 0 Å². The van der Waals surface area contributed by atoms with Crippen molar-refractivity contribution in [2.45, 2.75) is 68.9 Å². The van der Waals surface area contributed by atoms with Gasteiger partial charge in [0.15, 0.2) is 5.78 Å². The molecule has 1 aliphatic heterocycles. The highest BCUT2D eigenvalue weighted by atomic mass is 16.6. The summed E-state index contributed by atoms with van der Waals surface area (Å²) in [4.78, 5) is 33.2. The fourth-order valence-corrected chi connectivity index (χ4v) is 7.08. The van der Waals surface area contributed by atoms with Crippen LogP contribution in [0, 0.1) is 5.92 Å². The van der Waals surface area contributed by atoms with Gasteiger partial charge in [0.2, 0.25) is 0 Å². The lowest BCUT2D eigenvalue weighted by atomic mass is 9.68. The van der Waals surface area contributed by atoms with Crippen molar-refractivity contribution in [3.05, 3.63) is 35.9 Å². The number of benzene rings is 1. The lowest BCUT2D eigenvalue weighted by Gasteiger charge is -2.51. The van der Waals surface area contributed by atoms with Gasteiger partial charge in [0.05, 0.1) is 64.9 Å². The Kier molecular flexibility index (Phi) is 14.6. The van der Waals surface area contributed by atoms with Crippen LogP contribution in [0.25, 0.3) is 0 Å². The summed E-state index contributed by atoms with van der Waals surface area (Å²) in [5.41, 5.74) is 1.14. The maximum atomic E-state index is 13.8. The molecule has 0 unspecified atom stereocenters. The van der Waals surface area contributed by atoms with Crippen molar-refractivity contribution in [1.82, 2.24) is 14.7 Å². The first-order valence-electron chi connectivity index (χ1n) is 17.0. The van der Waals surface area contributed by atoms with Crippen molar-refractivity contribution in [3.8, 4) is 0 Å². The Morgan fingerprint density at radius 1 is 0.844 bits per heavy atom. The van der Waals surface area contributed by atoms with Crippen molar-refractivity contribution < 1.29 is 33.3 Å². The molecule has 0 atom stereocenters. The van der Waals surface area contributed by atoms with Crippen LogP contribution in [0.4, 0.5) is 4.79 Å². The molecule has 2 aliphatic carbocycles. The van der Waals surface area contributed by atoms with E-state index < -0.39 is 0 Å². The number of rotatable bonds is 22. The van der Waals surface area contributed by atoms with Gasteiger partial charge in [-0.3, -0.25) is 9.69 Å². The highest BCUT2D eigenvalue weighted by Gasteiger charge is 2.55. The highest BCUT2D eigenvalue weighted by molar-refractivity contribution is 5.87. The Labute approximate surface area is 270 Å². The summed E-state index contributed by atoms with van der Waals surface area (Å²) < 4.78 is 26.9. The molecule has 1 aromatic carbocycles. The van der Waals surface area contributed by atoms with E-state index in [1.54, 1.807) is 7.11 Å². The number of hydrogen-bond donors (Lipinski definition) is 0. The van der Waals surface area contributed by atoms with Crippen LogP contribution in [0.3, 0.4) is 0 Å². The smallest absolute Gasteiger partial charge is 0.321 e. The van der Waals surface area contributed by atoms with Gasteiger partial charge in [0.1, 0.15) is 0 Å². The average Bonchev–Trinajstić information content (AvgIpc) is 3.26. The van der Waals surface area contributed by atoms with Crippen LogP contribution in [-0.2, 0) is 34.0 Å². The number of methoxy groups -OCH3 is 1. The molecule has 254 valence electrons. The minimum absolute atomic E-state index is 0.0285. The topological polar surface area (TPSA) is 90.0 Å². The number of carbonyl (C=O) groups excluding carboxylic acids is 2. The van der Waals surface area contributed by atoms with E-state index in [0.717, 1.165) is 32.2 Å². The molecule has 0 bridgehead atoms. The maximum absolute atomic E-state index is 13.8. The second-order valence-corrected chi connectivity index (χ2v) is 13.1. The molecule has 1 heterocycles. The van der Waals surface area contributed by atoms with Crippen LogP contribution in [-0.4, -0.2) is 132 Å². The molecular weight excluding hydrogens is 574 g/mol. The van der Waals surface area contributed by atoms with Gasteiger partial charge in [-0.1, -0.05) is 36.8 Å². The van der Waals surface area contributed by atoms with Gasteiger partial charge in [-0.25, -0.2) is 4.79 Å². The zero-order valence-electron chi connectivity index (χ0n) is 28.0.